The molecule has 0 aliphatic carbocycles. The van der Waals surface area contributed by atoms with Crippen LogP contribution < -0.4 is 0 Å². The number of carbonyl (C=O) groups is 2. The largest absolute Gasteiger partial charge is 0.471 e. The van der Waals surface area contributed by atoms with E-state index in [1.165, 1.54) is 0 Å². The number of halogens is 3. The molecule has 4 nitrogen and oxygen atoms in total. The first-order valence-corrected chi connectivity index (χ1v) is 7.55. The molecular weight excluding hydrogens is 335 g/mol. The van der Waals surface area contributed by atoms with E-state index in [9.17, 15) is 22.8 Å². The van der Waals surface area contributed by atoms with Crippen LogP contribution in [0, 0.1) is 0 Å². The van der Waals surface area contributed by atoms with Gasteiger partial charge in [-0.3, -0.25) is 14.5 Å². The lowest BCUT2D eigenvalue weighted by atomic mass is 9.89. The van der Waals surface area contributed by atoms with Crippen molar-refractivity contribution in [2.45, 2.75) is 18.3 Å². The quantitative estimate of drug-likeness (QED) is 0.800. The van der Waals surface area contributed by atoms with Crippen molar-refractivity contribution in [3.63, 3.8) is 0 Å². The zero-order valence-electron chi connectivity index (χ0n) is 12.9. The lowest BCUT2D eigenvalue weighted by Gasteiger charge is -2.30. The molecule has 1 aliphatic rings. The highest BCUT2D eigenvalue weighted by atomic mass is 19.4. The zero-order valence-corrected chi connectivity index (χ0v) is 12.9. The van der Waals surface area contributed by atoms with E-state index in [-0.39, 0.29) is 0 Å². The maximum Gasteiger partial charge on any atom is 0.471 e. The topological polar surface area (TPSA) is 46.6 Å². The number of esters is 1. The predicted octanol–water partition coefficient (Wildman–Crippen LogP) is 3.09. The van der Waals surface area contributed by atoms with Crippen LogP contribution in [0.5, 0.6) is 0 Å². The molecule has 0 aromatic heterocycles. The third-order valence-corrected chi connectivity index (χ3v) is 3.96. The van der Waals surface area contributed by atoms with Gasteiger partial charge in [-0.15, -0.1) is 0 Å². The van der Waals surface area contributed by atoms with E-state index in [4.69, 9.17) is 4.74 Å². The summed E-state index contributed by atoms with van der Waals surface area (Å²) in [6.45, 7) is -0.723. The summed E-state index contributed by atoms with van der Waals surface area (Å²) < 4.78 is 43.9. The highest BCUT2D eigenvalue weighted by molar-refractivity contribution is 5.88. The number of cyclic esters (lactones) is 1. The molecular formula is C18H14F3NO3. The summed E-state index contributed by atoms with van der Waals surface area (Å²) >= 11 is 0. The van der Waals surface area contributed by atoms with Gasteiger partial charge in [-0.2, -0.15) is 13.2 Å². The number of amides is 1. The molecule has 2 aromatic rings. The van der Waals surface area contributed by atoms with Gasteiger partial charge in [0.25, 0.3) is 0 Å². The minimum absolute atomic E-state index is 0.451. The first-order chi connectivity index (χ1) is 11.9. The van der Waals surface area contributed by atoms with Crippen molar-refractivity contribution in [2.75, 3.05) is 6.54 Å². The van der Waals surface area contributed by atoms with Crippen LogP contribution in [0.2, 0.25) is 0 Å². The number of nitrogens with zero attached hydrogens (tertiary/aromatic N) is 1. The Kier molecular flexibility index (Phi) is 4.48. The van der Waals surface area contributed by atoms with Crippen LogP contribution in [0.3, 0.4) is 0 Å². The summed E-state index contributed by atoms with van der Waals surface area (Å²) in [7, 11) is 0. The monoisotopic (exact) mass is 349 g/mol. The van der Waals surface area contributed by atoms with E-state index in [2.05, 4.69) is 0 Å². The third-order valence-electron chi connectivity index (χ3n) is 3.96. The Bertz CT molecular complexity index is 723. The zero-order chi connectivity index (χ0) is 18.0. The van der Waals surface area contributed by atoms with E-state index < -0.39 is 36.7 Å². The fourth-order valence-electron chi connectivity index (χ4n) is 2.91. The third kappa shape index (κ3) is 3.50. The summed E-state index contributed by atoms with van der Waals surface area (Å²) in [4.78, 5) is 23.9. The van der Waals surface area contributed by atoms with E-state index >= 15 is 0 Å². The van der Waals surface area contributed by atoms with Crippen LogP contribution >= 0.6 is 0 Å². The smallest absolute Gasteiger partial charge is 0.439 e. The first-order valence-electron chi connectivity index (χ1n) is 7.55. The second-order valence-electron chi connectivity index (χ2n) is 5.61. The van der Waals surface area contributed by atoms with Gasteiger partial charge in [0.05, 0.1) is 5.92 Å². The lowest BCUT2D eigenvalue weighted by molar-refractivity contribution is -0.190. The molecule has 1 fully saturated rings. The number of hydrogen-bond donors (Lipinski definition) is 0. The minimum Gasteiger partial charge on any atom is -0.439 e. The van der Waals surface area contributed by atoms with Crippen LogP contribution in [0.25, 0.3) is 0 Å². The molecule has 1 atom stereocenters. The van der Waals surface area contributed by atoms with E-state index in [1.807, 2.05) is 0 Å². The van der Waals surface area contributed by atoms with Gasteiger partial charge >= 0.3 is 18.1 Å². The average Bonchev–Trinajstić information content (AvgIpc) is 2.97. The molecule has 0 N–H and O–H groups in total. The summed E-state index contributed by atoms with van der Waals surface area (Å²) in [5.41, 5.74) is 1.29. The summed E-state index contributed by atoms with van der Waals surface area (Å²) in [5.74, 6) is -3.67. The van der Waals surface area contributed by atoms with Crippen LogP contribution in [-0.4, -0.2) is 35.7 Å². The maximum absolute atomic E-state index is 12.9. The Hall–Kier alpha value is -2.83. The van der Waals surface area contributed by atoms with Gasteiger partial charge in [0.2, 0.25) is 0 Å². The average molecular weight is 349 g/mol. The Morgan fingerprint density at radius 2 is 1.48 bits per heavy atom. The summed E-state index contributed by atoms with van der Waals surface area (Å²) in [6, 6.07) is 17.4. The Labute approximate surface area is 141 Å². The molecule has 3 rings (SSSR count). The summed E-state index contributed by atoms with van der Waals surface area (Å²) in [6.07, 6.45) is -6.43. The molecule has 0 saturated carbocycles. The minimum atomic E-state index is -5.08. The fraction of sp³-hybridized carbons (Fsp3) is 0.222. The van der Waals surface area contributed by atoms with Gasteiger partial charge in [0, 0.05) is 0 Å². The number of rotatable bonds is 3. The molecule has 1 aliphatic heterocycles. The van der Waals surface area contributed by atoms with Crippen molar-refractivity contribution in [3.8, 4) is 0 Å². The van der Waals surface area contributed by atoms with Gasteiger partial charge in [-0.05, 0) is 11.1 Å². The Morgan fingerprint density at radius 3 is 1.92 bits per heavy atom. The van der Waals surface area contributed by atoms with Crippen molar-refractivity contribution >= 4 is 11.9 Å². The molecule has 130 valence electrons. The molecule has 1 heterocycles. The molecule has 0 radical (unpaired) electrons. The van der Waals surface area contributed by atoms with Crippen molar-refractivity contribution < 1.29 is 27.5 Å². The second kappa shape index (κ2) is 6.58. The van der Waals surface area contributed by atoms with Crippen LogP contribution in [0.15, 0.2) is 60.7 Å². The second-order valence-corrected chi connectivity index (χ2v) is 5.61. The van der Waals surface area contributed by atoms with Crippen molar-refractivity contribution in [2.24, 2.45) is 0 Å². The highest BCUT2D eigenvalue weighted by Gasteiger charge is 2.51. The van der Waals surface area contributed by atoms with Gasteiger partial charge in [-0.25, -0.2) is 0 Å². The Balaban J connectivity index is 2.06. The molecule has 1 amide bonds. The number of carbonyl (C=O) groups excluding carboxylic acids is 2. The predicted molar refractivity (Wildman–Crippen MR) is 82.4 cm³/mol. The summed E-state index contributed by atoms with van der Waals surface area (Å²) in [5, 5.41) is 0. The van der Waals surface area contributed by atoms with E-state index in [1.54, 1.807) is 60.7 Å². The van der Waals surface area contributed by atoms with Crippen LogP contribution in [-0.2, 0) is 14.3 Å². The number of hydrogen-bond acceptors (Lipinski definition) is 3. The molecule has 1 saturated heterocycles. The molecule has 0 bridgehead atoms. The number of alkyl halides is 3. The normalized spacial score (nSPS) is 17.7. The number of ether oxygens (including phenoxy) is 1. The lowest BCUT2D eigenvalue weighted by Crippen LogP contribution is -2.46. The Morgan fingerprint density at radius 1 is 1.00 bits per heavy atom. The SMILES string of the molecule is O=C1CN(C(=O)C(F)(F)F)C(C(c2ccccc2)c2ccccc2)O1. The van der Waals surface area contributed by atoms with Gasteiger partial charge < -0.3 is 4.74 Å². The number of benzene rings is 2. The molecule has 25 heavy (non-hydrogen) atoms. The van der Waals surface area contributed by atoms with Gasteiger partial charge in [-0.1, -0.05) is 60.7 Å². The van der Waals surface area contributed by atoms with E-state index in [0.29, 0.717) is 16.0 Å². The molecule has 0 spiro atoms. The van der Waals surface area contributed by atoms with Gasteiger partial charge in [0.15, 0.2) is 6.23 Å². The van der Waals surface area contributed by atoms with Crippen molar-refractivity contribution in [3.05, 3.63) is 71.8 Å². The van der Waals surface area contributed by atoms with Crippen LogP contribution in [0.1, 0.15) is 17.0 Å². The highest BCUT2D eigenvalue weighted by Crippen LogP contribution is 2.36. The van der Waals surface area contributed by atoms with Crippen molar-refractivity contribution in [1.82, 2.24) is 4.90 Å². The fourth-order valence-corrected chi connectivity index (χ4v) is 2.91. The molecule has 1 unspecified atom stereocenters. The molecule has 7 heteroatoms. The van der Waals surface area contributed by atoms with Crippen LogP contribution in [0.4, 0.5) is 13.2 Å². The standard InChI is InChI=1S/C18H14F3NO3/c19-18(20,21)17(24)22-11-14(23)25-16(22)15(12-7-3-1-4-8-12)13-9-5-2-6-10-13/h1-10,15-16H,11H2. The maximum atomic E-state index is 12.9. The first kappa shape index (κ1) is 17.0. The van der Waals surface area contributed by atoms with Gasteiger partial charge in [0.1, 0.15) is 6.54 Å². The molecule has 2 aromatic carbocycles. The van der Waals surface area contributed by atoms with E-state index in [0.717, 1.165) is 0 Å². The van der Waals surface area contributed by atoms with Crippen molar-refractivity contribution in [1.29, 1.82) is 0 Å².